The van der Waals surface area contributed by atoms with Crippen LogP contribution in [-0.2, 0) is 16.4 Å². The first-order chi connectivity index (χ1) is 14.8. The van der Waals surface area contributed by atoms with E-state index in [0.717, 1.165) is 24.3 Å². The third-order valence-electron chi connectivity index (χ3n) is 6.00. The predicted molar refractivity (Wildman–Crippen MR) is 120 cm³/mol. The Labute approximate surface area is 183 Å². The van der Waals surface area contributed by atoms with Gasteiger partial charge in [-0.15, -0.1) is 0 Å². The van der Waals surface area contributed by atoms with Crippen molar-refractivity contribution in [1.29, 1.82) is 0 Å². The van der Waals surface area contributed by atoms with Crippen molar-refractivity contribution in [2.45, 2.75) is 49.4 Å². The van der Waals surface area contributed by atoms with Crippen molar-refractivity contribution in [3.8, 4) is 0 Å². The van der Waals surface area contributed by atoms with Crippen LogP contribution in [-0.4, -0.2) is 53.0 Å². The molecule has 31 heavy (non-hydrogen) atoms. The summed E-state index contributed by atoms with van der Waals surface area (Å²) in [5.41, 5.74) is 2.17. The molecule has 1 aromatic carbocycles. The number of imidazole rings is 1. The minimum absolute atomic E-state index is 0.191. The maximum atomic E-state index is 13.0. The Balaban J connectivity index is 1.37. The Morgan fingerprint density at radius 1 is 1.13 bits per heavy atom. The van der Waals surface area contributed by atoms with Gasteiger partial charge in [-0.2, -0.15) is 0 Å². The van der Waals surface area contributed by atoms with E-state index in [1.165, 1.54) is 0 Å². The Morgan fingerprint density at radius 2 is 1.84 bits per heavy atom. The average Bonchev–Trinajstić information content (AvgIpc) is 3.25. The summed E-state index contributed by atoms with van der Waals surface area (Å²) in [6, 6.07) is 10.8. The van der Waals surface area contributed by atoms with Gasteiger partial charge in [0.25, 0.3) is 5.91 Å². The lowest BCUT2D eigenvalue weighted by atomic mass is 10.1. The number of hydrogen-bond acceptors (Lipinski definition) is 5. The van der Waals surface area contributed by atoms with E-state index in [1.54, 1.807) is 59.4 Å². The monoisotopic (exact) mass is 440 g/mol. The normalized spacial score (nSPS) is 16.1. The number of aromatic nitrogens is 2. The molecular formula is C23H28N4O3S. The Hall–Kier alpha value is -2.71. The van der Waals surface area contributed by atoms with Crippen LogP contribution in [0.1, 0.15) is 42.6 Å². The first-order valence-corrected chi connectivity index (χ1v) is 12.2. The fourth-order valence-corrected chi connectivity index (χ4v) is 5.76. The van der Waals surface area contributed by atoms with E-state index >= 15 is 0 Å². The number of carbonyl (C=O) groups is 1. The molecule has 1 saturated heterocycles. The van der Waals surface area contributed by atoms with Crippen molar-refractivity contribution >= 4 is 21.4 Å². The van der Waals surface area contributed by atoms with Crippen molar-refractivity contribution < 1.29 is 13.2 Å². The fraction of sp³-hybridized carbons (Fsp3) is 0.391. The molecule has 0 saturated carbocycles. The molecule has 3 aromatic rings. The molecule has 1 aliphatic rings. The first kappa shape index (κ1) is 21.5. The summed E-state index contributed by atoms with van der Waals surface area (Å²) in [4.78, 5) is 19.3. The van der Waals surface area contributed by atoms with E-state index < -0.39 is 9.84 Å². The summed E-state index contributed by atoms with van der Waals surface area (Å²) in [6.07, 6.45) is 6.54. The topological polar surface area (TPSA) is 83.8 Å². The van der Waals surface area contributed by atoms with Crippen LogP contribution < -0.4 is 5.32 Å². The van der Waals surface area contributed by atoms with Gasteiger partial charge in [-0.05, 0) is 69.6 Å². The lowest BCUT2D eigenvalue weighted by Crippen LogP contribution is -2.42. The molecule has 0 atom stereocenters. The van der Waals surface area contributed by atoms with Crippen molar-refractivity contribution in [2.24, 2.45) is 0 Å². The lowest BCUT2D eigenvalue weighted by Gasteiger charge is -2.34. The van der Waals surface area contributed by atoms with E-state index in [9.17, 15) is 13.2 Å². The average molecular weight is 441 g/mol. The number of fused-ring (bicyclic) bond motifs is 1. The highest BCUT2D eigenvalue weighted by Crippen LogP contribution is 2.25. The summed E-state index contributed by atoms with van der Waals surface area (Å²) >= 11 is 0. The van der Waals surface area contributed by atoms with Gasteiger partial charge in [-0.1, -0.05) is 12.1 Å². The second-order valence-electron chi connectivity index (χ2n) is 8.31. The van der Waals surface area contributed by atoms with Crippen molar-refractivity contribution in [1.82, 2.24) is 19.6 Å². The second-order valence-corrected chi connectivity index (χ2v) is 10.5. The van der Waals surface area contributed by atoms with Crippen molar-refractivity contribution in [3.63, 3.8) is 0 Å². The van der Waals surface area contributed by atoms with Crippen LogP contribution in [0.4, 0.5) is 0 Å². The number of amides is 1. The minimum atomic E-state index is -3.34. The fourth-order valence-electron chi connectivity index (χ4n) is 4.03. The molecule has 3 heterocycles. The third-order valence-corrected chi connectivity index (χ3v) is 8.28. The van der Waals surface area contributed by atoms with Gasteiger partial charge in [0, 0.05) is 31.2 Å². The minimum Gasteiger partial charge on any atom is -0.348 e. The Bertz CT molecular complexity index is 1160. The maximum Gasteiger partial charge on any atom is 0.253 e. The summed E-state index contributed by atoms with van der Waals surface area (Å²) in [7, 11) is -3.34. The summed E-state index contributed by atoms with van der Waals surface area (Å²) in [6.45, 7) is 6.24. The van der Waals surface area contributed by atoms with E-state index in [1.807, 2.05) is 0 Å². The zero-order chi connectivity index (χ0) is 22.0. The van der Waals surface area contributed by atoms with Crippen LogP contribution in [0.5, 0.6) is 0 Å². The molecule has 0 radical (unpaired) electrons. The SMILES string of the molecule is CC(C)N1CCC(S(=O)(=O)c2ccc(CNC(=O)c3ccc4nccn4c3)cc2)CC1. The molecule has 7 nitrogen and oxygen atoms in total. The summed E-state index contributed by atoms with van der Waals surface area (Å²) in [5.74, 6) is -0.191. The quantitative estimate of drug-likeness (QED) is 0.637. The summed E-state index contributed by atoms with van der Waals surface area (Å²) < 4.78 is 27.8. The van der Waals surface area contributed by atoms with Gasteiger partial charge in [0.2, 0.25) is 0 Å². The molecule has 4 rings (SSSR count). The van der Waals surface area contributed by atoms with Crippen LogP contribution in [0.25, 0.3) is 5.65 Å². The zero-order valence-electron chi connectivity index (χ0n) is 17.9. The van der Waals surface area contributed by atoms with Crippen LogP contribution >= 0.6 is 0 Å². The van der Waals surface area contributed by atoms with E-state index in [4.69, 9.17) is 0 Å². The lowest BCUT2D eigenvalue weighted by molar-refractivity contribution is 0.0950. The number of sulfone groups is 1. The molecule has 0 bridgehead atoms. The highest BCUT2D eigenvalue weighted by Gasteiger charge is 2.31. The largest absolute Gasteiger partial charge is 0.348 e. The number of hydrogen-bond donors (Lipinski definition) is 1. The third kappa shape index (κ3) is 4.65. The number of nitrogens with one attached hydrogen (secondary N) is 1. The molecule has 0 spiro atoms. The van der Waals surface area contributed by atoms with Gasteiger partial charge in [-0.25, -0.2) is 13.4 Å². The summed E-state index contributed by atoms with van der Waals surface area (Å²) in [5, 5.41) is 2.55. The molecular weight excluding hydrogens is 412 g/mol. The highest BCUT2D eigenvalue weighted by molar-refractivity contribution is 7.92. The van der Waals surface area contributed by atoms with Gasteiger partial charge < -0.3 is 14.6 Å². The van der Waals surface area contributed by atoms with Crippen molar-refractivity contribution in [2.75, 3.05) is 13.1 Å². The molecule has 1 N–H and O–H groups in total. The number of pyridine rings is 1. The standard InChI is InChI=1S/C23H28N4O3S/c1-17(2)26-12-9-21(10-13-26)31(29,30)20-6-3-18(4-7-20)15-25-23(28)19-5-8-22-24-11-14-27(22)16-19/h3-8,11,14,16-17,21H,9-10,12-13,15H2,1-2H3,(H,25,28). The molecule has 8 heteroatoms. The predicted octanol–water partition coefficient (Wildman–Crippen LogP) is 2.91. The van der Waals surface area contributed by atoms with Crippen LogP contribution in [0.15, 0.2) is 59.9 Å². The smallest absolute Gasteiger partial charge is 0.253 e. The Morgan fingerprint density at radius 3 is 2.52 bits per heavy atom. The van der Waals surface area contributed by atoms with E-state index in [2.05, 4.69) is 29.0 Å². The van der Waals surface area contributed by atoms with Crippen LogP contribution in [0.3, 0.4) is 0 Å². The zero-order valence-corrected chi connectivity index (χ0v) is 18.7. The van der Waals surface area contributed by atoms with Gasteiger partial charge >= 0.3 is 0 Å². The number of carbonyl (C=O) groups excluding carboxylic acids is 1. The second kappa shape index (κ2) is 8.80. The van der Waals surface area contributed by atoms with E-state index in [0.29, 0.717) is 35.9 Å². The molecule has 1 aliphatic heterocycles. The number of piperidine rings is 1. The number of rotatable bonds is 6. The number of benzene rings is 1. The van der Waals surface area contributed by atoms with Gasteiger partial charge in [0.1, 0.15) is 5.65 Å². The number of nitrogens with zero attached hydrogens (tertiary/aromatic N) is 3. The Kier molecular flexibility index (Phi) is 6.11. The molecule has 0 unspecified atom stereocenters. The number of likely N-dealkylation sites (tertiary alicyclic amines) is 1. The van der Waals surface area contributed by atoms with Gasteiger partial charge in [0.15, 0.2) is 9.84 Å². The first-order valence-electron chi connectivity index (χ1n) is 10.6. The molecule has 1 fully saturated rings. The molecule has 1 amide bonds. The molecule has 2 aromatic heterocycles. The van der Waals surface area contributed by atoms with Gasteiger partial charge in [-0.3, -0.25) is 4.79 Å². The molecule has 0 aliphatic carbocycles. The highest BCUT2D eigenvalue weighted by atomic mass is 32.2. The van der Waals surface area contributed by atoms with Crippen molar-refractivity contribution in [3.05, 3.63) is 66.1 Å². The van der Waals surface area contributed by atoms with Crippen LogP contribution in [0.2, 0.25) is 0 Å². The van der Waals surface area contributed by atoms with Crippen LogP contribution in [0, 0.1) is 0 Å². The van der Waals surface area contributed by atoms with Gasteiger partial charge in [0.05, 0.1) is 15.7 Å². The van der Waals surface area contributed by atoms with E-state index in [-0.39, 0.29) is 11.2 Å². The molecule has 164 valence electrons. The maximum absolute atomic E-state index is 13.0.